The van der Waals surface area contributed by atoms with Crippen LogP contribution >= 0.6 is 0 Å². The van der Waals surface area contributed by atoms with Gasteiger partial charge in [0.2, 0.25) is 0 Å². The van der Waals surface area contributed by atoms with E-state index in [1.807, 2.05) is 25.1 Å². The van der Waals surface area contributed by atoms with Gasteiger partial charge in [-0.3, -0.25) is 4.79 Å². The Morgan fingerprint density at radius 2 is 1.75 bits per heavy atom. The predicted octanol–water partition coefficient (Wildman–Crippen LogP) is 4.03. The van der Waals surface area contributed by atoms with E-state index in [0.29, 0.717) is 17.9 Å². The van der Waals surface area contributed by atoms with E-state index in [1.54, 1.807) is 6.07 Å². The summed E-state index contributed by atoms with van der Waals surface area (Å²) in [6.45, 7) is 13.1. The maximum absolute atomic E-state index is 12.5. The number of hydrogen-bond acceptors (Lipinski definition) is 2. The van der Waals surface area contributed by atoms with Crippen molar-refractivity contribution < 1.29 is 9.53 Å². The molecule has 0 spiro atoms. The largest absolute Gasteiger partial charge is 0.493 e. The molecule has 3 heteroatoms. The molecule has 112 valence electrons. The molecule has 0 aliphatic rings. The minimum absolute atomic E-state index is 0.0803. The van der Waals surface area contributed by atoms with Crippen LogP contribution in [0, 0.1) is 5.41 Å². The summed E-state index contributed by atoms with van der Waals surface area (Å²) < 4.78 is 5.51. The molecule has 20 heavy (non-hydrogen) atoms. The second-order valence-corrected chi connectivity index (χ2v) is 7.00. The highest BCUT2D eigenvalue weighted by Gasteiger charge is 2.28. The van der Waals surface area contributed by atoms with Gasteiger partial charge in [-0.15, -0.1) is 0 Å². The first-order valence-electron chi connectivity index (χ1n) is 7.19. The van der Waals surface area contributed by atoms with Crippen molar-refractivity contribution in [2.75, 3.05) is 6.61 Å². The number of hydrogen-bond donors (Lipinski definition) is 1. The number of ether oxygens (including phenoxy) is 1. The number of nitrogens with one attached hydrogen (secondary N) is 1. The van der Waals surface area contributed by atoms with Crippen molar-refractivity contribution in [3.05, 3.63) is 29.8 Å². The topological polar surface area (TPSA) is 38.3 Å². The van der Waals surface area contributed by atoms with Gasteiger partial charge in [-0.1, -0.05) is 32.9 Å². The van der Waals surface area contributed by atoms with Gasteiger partial charge < -0.3 is 10.1 Å². The molecule has 3 nitrogen and oxygen atoms in total. The Morgan fingerprint density at radius 3 is 2.30 bits per heavy atom. The van der Waals surface area contributed by atoms with E-state index >= 15 is 0 Å². The first-order valence-corrected chi connectivity index (χ1v) is 7.19. The van der Waals surface area contributed by atoms with Gasteiger partial charge in [0, 0.05) is 5.54 Å². The van der Waals surface area contributed by atoms with Crippen molar-refractivity contribution in [2.24, 2.45) is 5.41 Å². The highest BCUT2D eigenvalue weighted by atomic mass is 16.5. The summed E-state index contributed by atoms with van der Waals surface area (Å²) in [5.74, 6) is 0.558. The lowest BCUT2D eigenvalue weighted by Crippen LogP contribution is -2.45. The van der Waals surface area contributed by atoms with Crippen LogP contribution < -0.4 is 10.1 Å². The Hall–Kier alpha value is -1.51. The lowest BCUT2D eigenvalue weighted by Gasteiger charge is -2.33. The quantitative estimate of drug-likeness (QED) is 0.882. The molecule has 1 N–H and O–H groups in total. The predicted molar refractivity (Wildman–Crippen MR) is 83.2 cm³/mol. The Kier molecular flexibility index (Phi) is 5.21. The molecule has 1 rings (SSSR count). The summed E-state index contributed by atoms with van der Waals surface area (Å²) in [7, 11) is 0. The second kappa shape index (κ2) is 6.29. The van der Waals surface area contributed by atoms with E-state index in [-0.39, 0.29) is 16.9 Å². The van der Waals surface area contributed by atoms with Crippen LogP contribution in [0.15, 0.2) is 24.3 Å². The molecule has 0 aliphatic carbocycles. The third-order valence-electron chi connectivity index (χ3n) is 2.86. The minimum atomic E-state index is -0.255. The van der Waals surface area contributed by atoms with Crippen LogP contribution in [0.2, 0.25) is 0 Å². The van der Waals surface area contributed by atoms with Crippen molar-refractivity contribution in [1.82, 2.24) is 5.32 Å². The molecule has 0 bridgehead atoms. The van der Waals surface area contributed by atoms with Gasteiger partial charge in [-0.25, -0.2) is 0 Å². The molecule has 0 atom stereocenters. The molecular weight excluding hydrogens is 250 g/mol. The SMILES string of the molecule is CCOc1ccccc1C(=O)NC(C)(C)CC(C)(C)C. The van der Waals surface area contributed by atoms with Gasteiger partial charge in [-0.2, -0.15) is 0 Å². The average Bonchev–Trinajstić information content (AvgIpc) is 2.25. The van der Waals surface area contributed by atoms with E-state index in [2.05, 4.69) is 39.9 Å². The molecule has 1 amide bonds. The van der Waals surface area contributed by atoms with Crippen molar-refractivity contribution >= 4 is 5.91 Å². The Balaban J connectivity index is 2.86. The lowest BCUT2D eigenvalue weighted by atomic mass is 9.81. The highest BCUT2D eigenvalue weighted by Crippen LogP contribution is 2.27. The van der Waals surface area contributed by atoms with E-state index in [9.17, 15) is 4.79 Å². The maximum Gasteiger partial charge on any atom is 0.255 e. The summed E-state index contributed by atoms with van der Waals surface area (Å²) in [5, 5.41) is 3.11. The van der Waals surface area contributed by atoms with E-state index < -0.39 is 0 Å². The zero-order valence-electron chi connectivity index (χ0n) is 13.5. The lowest BCUT2D eigenvalue weighted by molar-refractivity contribution is 0.0887. The third-order valence-corrected chi connectivity index (χ3v) is 2.86. The molecule has 0 aliphatic heterocycles. The zero-order valence-corrected chi connectivity index (χ0v) is 13.5. The maximum atomic E-state index is 12.5. The highest BCUT2D eigenvalue weighted by molar-refractivity contribution is 5.97. The van der Waals surface area contributed by atoms with Crippen molar-refractivity contribution in [1.29, 1.82) is 0 Å². The minimum Gasteiger partial charge on any atom is -0.493 e. The number of amides is 1. The average molecular weight is 277 g/mol. The number of rotatable bonds is 5. The van der Waals surface area contributed by atoms with Gasteiger partial charge >= 0.3 is 0 Å². The summed E-state index contributed by atoms with van der Waals surface area (Å²) >= 11 is 0. The molecule has 0 saturated carbocycles. The smallest absolute Gasteiger partial charge is 0.255 e. The number of carbonyl (C=O) groups excluding carboxylic acids is 1. The van der Waals surface area contributed by atoms with Crippen LogP contribution in [-0.2, 0) is 0 Å². The molecule has 0 unspecified atom stereocenters. The fraction of sp³-hybridized carbons (Fsp3) is 0.588. The molecule has 0 fully saturated rings. The van der Waals surface area contributed by atoms with Crippen LogP contribution in [0.3, 0.4) is 0 Å². The summed E-state index contributed by atoms with van der Waals surface area (Å²) in [6, 6.07) is 7.36. The summed E-state index contributed by atoms with van der Waals surface area (Å²) in [5.41, 5.74) is 0.501. The molecular formula is C17H27NO2. The molecule has 0 saturated heterocycles. The van der Waals surface area contributed by atoms with E-state index in [4.69, 9.17) is 4.74 Å². The monoisotopic (exact) mass is 277 g/mol. The van der Waals surface area contributed by atoms with Crippen molar-refractivity contribution in [3.63, 3.8) is 0 Å². The first kappa shape index (κ1) is 16.5. The Bertz CT molecular complexity index is 458. The summed E-state index contributed by atoms with van der Waals surface area (Å²) in [6.07, 6.45) is 0.905. The summed E-state index contributed by atoms with van der Waals surface area (Å²) in [4.78, 5) is 12.5. The fourth-order valence-electron chi connectivity index (χ4n) is 2.68. The number of para-hydroxylation sites is 1. The normalized spacial score (nSPS) is 12.1. The standard InChI is InChI=1S/C17H27NO2/c1-7-20-14-11-9-8-10-13(14)15(19)18-17(5,6)12-16(2,3)4/h8-11H,7,12H2,1-6H3,(H,18,19). The van der Waals surface area contributed by atoms with Crippen molar-refractivity contribution in [2.45, 2.75) is 53.5 Å². The fourth-order valence-corrected chi connectivity index (χ4v) is 2.68. The number of benzene rings is 1. The van der Waals surface area contributed by atoms with Gasteiger partial charge in [0.25, 0.3) is 5.91 Å². The van der Waals surface area contributed by atoms with E-state index in [0.717, 1.165) is 6.42 Å². The molecule has 1 aromatic carbocycles. The van der Waals surface area contributed by atoms with Gasteiger partial charge in [0.15, 0.2) is 0 Å². The molecule has 0 heterocycles. The van der Waals surface area contributed by atoms with Gasteiger partial charge in [0.1, 0.15) is 5.75 Å². The van der Waals surface area contributed by atoms with Crippen LogP contribution in [-0.4, -0.2) is 18.1 Å². The third kappa shape index (κ3) is 5.24. The second-order valence-electron chi connectivity index (χ2n) is 7.00. The van der Waals surface area contributed by atoms with Crippen LogP contribution in [0.5, 0.6) is 5.75 Å². The molecule has 1 aromatic rings. The van der Waals surface area contributed by atoms with E-state index in [1.165, 1.54) is 0 Å². The van der Waals surface area contributed by atoms with Crippen LogP contribution in [0.1, 0.15) is 58.3 Å². The first-order chi connectivity index (χ1) is 9.14. The van der Waals surface area contributed by atoms with Gasteiger partial charge in [-0.05, 0) is 44.7 Å². The molecule has 0 aromatic heterocycles. The Labute approximate surface area is 122 Å². The zero-order chi connectivity index (χ0) is 15.4. The molecule has 0 radical (unpaired) electrons. The van der Waals surface area contributed by atoms with Crippen molar-refractivity contribution in [3.8, 4) is 5.75 Å². The van der Waals surface area contributed by atoms with Crippen LogP contribution in [0.25, 0.3) is 0 Å². The number of carbonyl (C=O) groups is 1. The van der Waals surface area contributed by atoms with Crippen LogP contribution in [0.4, 0.5) is 0 Å². The van der Waals surface area contributed by atoms with Gasteiger partial charge in [0.05, 0.1) is 12.2 Å². The Morgan fingerprint density at radius 1 is 1.15 bits per heavy atom.